The summed E-state index contributed by atoms with van der Waals surface area (Å²) >= 11 is 0. The van der Waals surface area contributed by atoms with Crippen LogP contribution in [0.4, 0.5) is 0 Å². The zero-order chi connectivity index (χ0) is 10.9. The second-order valence-electron chi connectivity index (χ2n) is 4.11. The van der Waals surface area contributed by atoms with Crippen LogP contribution in [0.3, 0.4) is 0 Å². The third kappa shape index (κ3) is 5.53. The molecule has 1 aromatic rings. The first kappa shape index (κ1) is 12.2. The molecule has 2 nitrogen and oxygen atoms in total. The van der Waals surface area contributed by atoms with Gasteiger partial charge < -0.3 is 5.32 Å². The van der Waals surface area contributed by atoms with E-state index < -0.39 is 0 Å². The van der Waals surface area contributed by atoms with E-state index in [1.165, 1.54) is 24.8 Å². The molecule has 1 unspecified atom stereocenters. The van der Waals surface area contributed by atoms with Crippen molar-refractivity contribution in [2.24, 2.45) is 0 Å². The van der Waals surface area contributed by atoms with Crippen LogP contribution >= 0.6 is 0 Å². The van der Waals surface area contributed by atoms with Crippen molar-refractivity contribution in [1.29, 1.82) is 0 Å². The first-order chi connectivity index (χ1) is 7.33. The molecule has 0 spiro atoms. The van der Waals surface area contributed by atoms with Crippen molar-refractivity contribution in [2.75, 3.05) is 6.54 Å². The van der Waals surface area contributed by atoms with Crippen LogP contribution in [0.15, 0.2) is 24.5 Å². The fourth-order valence-electron chi connectivity index (χ4n) is 1.65. The summed E-state index contributed by atoms with van der Waals surface area (Å²) in [4.78, 5) is 4.12. The Labute approximate surface area is 93.1 Å². The Hall–Kier alpha value is -0.890. The van der Waals surface area contributed by atoms with Gasteiger partial charge in [-0.05, 0) is 50.8 Å². The molecule has 1 heterocycles. The second kappa shape index (κ2) is 7.41. The van der Waals surface area contributed by atoms with E-state index in [4.69, 9.17) is 0 Å². The molecule has 0 amide bonds. The summed E-state index contributed by atoms with van der Waals surface area (Å²) in [7, 11) is 0. The van der Waals surface area contributed by atoms with E-state index in [9.17, 15) is 0 Å². The van der Waals surface area contributed by atoms with E-state index in [1.807, 2.05) is 18.5 Å². The highest BCUT2D eigenvalue weighted by atomic mass is 14.9. The average molecular weight is 206 g/mol. The van der Waals surface area contributed by atoms with Crippen LogP contribution in [0.25, 0.3) is 0 Å². The molecular formula is C13H22N2. The van der Waals surface area contributed by atoms with Gasteiger partial charge in [0.25, 0.3) is 0 Å². The molecule has 0 radical (unpaired) electrons. The van der Waals surface area contributed by atoms with Crippen molar-refractivity contribution in [1.82, 2.24) is 10.3 Å². The zero-order valence-corrected chi connectivity index (χ0v) is 9.87. The van der Waals surface area contributed by atoms with Gasteiger partial charge in [-0.15, -0.1) is 0 Å². The first-order valence-electron chi connectivity index (χ1n) is 5.95. The molecule has 0 saturated carbocycles. The molecule has 0 bridgehead atoms. The van der Waals surface area contributed by atoms with E-state index in [0.29, 0.717) is 6.04 Å². The highest BCUT2D eigenvalue weighted by molar-refractivity contribution is 5.08. The Kier molecular flexibility index (Phi) is 6.02. The van der Waals surface area contributed by atoms with Gasteiger partial charge in [-0.25, -0.2) is 0 Å². The lowest BCUT2D eigenvalue weighted by Gasteiger charge is -2.12. The number of rotatable bonds is 7. The van der Waals surface area contributed by atoms with E-state index in [0.717, 1.165) is 13.0 Å². The molecule has 2 heteroatoms. The summed E-state index contributed by atoms with van der Waals surface area (Å²) in [5, 5.41) is 3.50. The van der Waals surface area contributed by atoms with Gasteiger partial charge in [-0.3, -0.25) is 4.98 Å². The predicted molar refractivity (Wildman–Crippen MR) is 64.9 cm³/mol. The normalized spacial score (nSPS) is 12.7. The molecule has 1 atom stereocenters. The fraction of sp³-hybridized carbons (Fsp3) is 0.615. The maximum Gasteiger partial charge on any atom is 0.0299 e. The van der Waals surface area contributed by atoms with E-state index in [-0.39, 0.29) is 0 Å². The lowest BCUT2D eigenvalue weighted by molar-refractivity contribution is 0.498. The van der Waals surface area contributed by atoms with Crippen LogP contribution in [-0.2, 0) is 6.42 Å². The van der Waals surface area contributed by atoms with Gasteiger partial charge in [0, 0.05) is 18.4 Å². The molecule has 0 aliphatic heterocycles. The summed E-state index contributed by atoms with van der Waals surface area (Å²) in [6, 6.07) is 4.80. The van der Waals surface area contributed by atoms with Crippen molar-refractivity contribution in [3.05, 3.63) is 30.1 Å². The molecule has 1 rings (SSSR count). The van der Waals surface area contributed by atoms with E-state index in [1.54, 1.807) is 0 Å². The average Bonchev–Trinajstić information content (AvgIpc) is 2.28. The number of aryl methyl sites for hydroxylation is 1. The number of nitrogens with zero attached hydrogens (tertiary/aromatic N) is 1. The van der Waals surface area contributed by atoms with Crippen molar-refractivity contribution in [2.45, 2.75) is 45.6 Å². The van der Waals surface area contributed by atoms with Crippen LogP contribution in [0.5, 0.6) is 0 Å². The monoisotopic (exact) mass is 206 g/mol. The summed E-state index contributed by atoms with van der Waals surface area (Å²) in [5.74, 6) is 0. The molecule has 0 aliphatic rings. The van der Waals surface area contributed by atoms with Gasteiger partial charge in [0.15, 0.2) is 0 Å². The third-order valence-corrected chi connectivity index (χ3v) is 2.57. The van der Waals surface area contributed by atoms with E-state index >= 15 is 0 Å². The molecule has 0 aromatic carbocycles. The summed E-state index contributed by atoms with van der Waals surface area (Å²) in [6.07, 6.45) is 8.64. The van der Waals surface area contributed by atoms with Crippen molar-refractivity contribution in [3.8, 4) is 0 Å². The minimum absolute atomic E-state index is 0.640. The SMILES string of the molecule is CCCNC(C)CCCc1cccnc1. The van der Waals surface area contributed by atoms with Crippen molar-refractivity contribution in [3.63, 3.8) is 0 Å². The topological polar surface area (TPSA) is 24.9 Å². The maximum atomic E-state index is 4.12. The number of aromatic nitrogens is 1. The van der Waals surface area contributed by atoms with Gasteiger partial charge in [0.2, 0.25) is 0 Å². The summed E-state index contributed by atoms with van der Waals surface area (Å²) in [6.45, 7) is 5.60. The Bertz CT molecular complexity index is 246. The molecular weight excluding hydrogens is 184 g/mol. The van der Waals surface area contributed by atoms with E-state index in [2.05, 4.69) is 30.2 Å². The number of hydrogen-bond acceptors (Lipinski definition) is 2. The maximum absolute atomic E-state index is 4.12. The van der Waals surface area contributed by atoms with Gasteiger partial charge in [-0.2, -0.15) is 0 Å². The fourth-order valence-corrected chi connectivity index (χ4v) is 1.65. The van der Waals surface area contributed by atoms with Crippen LogP contribution in [0.1, 0.15) is 38.7 Å². The molecule has 0 aliphatic carbocycles. The molecule has 15 heavy (non-hydrogen) atoms. The van der Waals surface area contributed by atoms with Crippen LogP contribution in [0.2, 0.25) is 0 Å². The molecule has 1 N–H and O–H groups in total. The Balaban J connectivity index is 2.11. The van der Waals surface area contributed by atoms with Gasteiger partial charge >= 0.3 is 0 Å². The van der Waals surface area contributed by atoms with Gasteiger partial charge in [0.05, 0.1) is 0 Å². The second-order valence-corrected chi connectivity index (χ2v) is 4.11. The quantitative estimate of drug-likeness (QED) is 0.742. The summed E-state index contributed by atoms with van der Waals surface area (Å²) in [5.41, 5.74) is 1.35. The van der Waals surface area contributed by atoms with Gasteiger partial charge in [-0.1, -0.05) is 13.0 Å². The molecule has 0 fully saturated rings. The largest absolute Gasteiger partial charge is 0.314 e. The van der Waals surface area contributed by atoms with Crippen molar-refractivity contribution >= 4 is 0 Å². The van der Waals surface area contributed by atoms with Crippen molar-refractivity contribution < 1.29 is 0 Å². The van der Waals surface area contributed by atoms with Crippen LogP contribution < -0.4 is 5.32 Å². The number of hydrogen-bond donors (Lipinski definition) is 1. The predicted octanol–water partition coefficient (Wildman–Crippen LogP) is 2.79. The zero-order valence-electron chi connectivity index (χ0n) is 9.87. The lowest BCUT2D eigenvalue weighted by Crippen LogP contribution is -2.26. The standard InChI is InChI=1S/C13H22N2/c1-3-9-15-12(2)6-4-7-13-8-5-10-14-11-13/h5,8,10-12,15H,3-4,6-7,9H2,1-2H3. The summed E-state index contributed by atoms with van der Waals surface area (Å²) < 4.78 is 0. The highest BCUT2D eigenvalue weighted by Crippen LogP contribution is 2.05. The highest BCUT2D eigenvalue weighted by Gasteiger charge is 2.00. The minimum atomic E-state index is 0.640. The molecule has 1 aromatic heterocycles. The lowest BCUT2D eigenvalue weighted by atomic mass is 10.1. The van der Waals surface area contributed by atoms with Crippen LogP contribution in [0, 0.1) is 0 Å². The number of nitrogens with one attached hydrogen (secondary N) is 1. The van der Waals surface area contributed by atoms with Crippen LogP contribution in [-0.4, -0.2) is 17.6 Å². The number of pyridine rings is 1. The van der Waals surface area contributed by atoms with Gasteiger partial charge in [0.1, 0.15) is 0 Å². The molecule has 84 valence electrons. The molecule has 0 saturated heterocycles. The first-order valence-corrected chi connectivity index (χ1v) is 5.95. The third-order valence-electron chi connectivity index (χ3n) is 2.57. The Morgan fingerprint density at radius 3 is 3.00 bits per heavy atom. The Morgan fingerprint density at radius 2 is 2.33 bits per heavy atom. The Morgan fingerprint density at radius 1 is 1.47 bits per heavy atom. The smallest absolute Gasteiger partial charge is 0.0299 e. The minimum Gasteiger partial charge on any atom is -0.314 e.